The zero-order valence-electron chi connectivity index (χ0n) is 19.6. The average Bonchev–Trinajstić information content (AvgIpc) is 3.06. The number of carbonyl (C=O) groups is 2. The molecule has 7 heteroatoms. The van der Waals surface area contributed by atoms with E-state index in [-0.39, 0.29) is 23.9 Å². The van der Waals surface area contributed by atoms with Crippen LogP contribution in [-0.2, 0) is 23.8 Å². The van der Waals surface area contributed by atoms with E-state index in [9.17, 15) is 19.8 Å². The van der Waals surface area contributed by atoms with Crippen LogP contribution in [-0.4, -0.2) is 60.8 Å². The van der Waals surface area contributed by atoms with Crippen LogP contribution in [0.5, 0.6) is 0 Å². The van der Waals surface area contributed by atoms with Gasteiger partial charge in [0.15, 0.2) is 5.78 Å². The van der Waals surface area contributed by atoms with Crippen LogP contribution in [0.1, 0.15) is 65.2 Å². The zero-order valence-corrected chi connectivity index (χ0v) is 19.6. The van der Waals surface area contributed by atoms with Crippen molar-refractivity contribution in [1.29, 1.82) is 0 Å². The predicted molar refractivity (Wildman–Crippen MR) is 116 cm³/mol. The Labute approximate surface area is 190 Å². The minimum atomic E-state index is -2.06. The Morgan fingerprint density at radius 1 is 1.09 bits per heavy atom. The molecule has 0 aromatic carbocycles. The fraction of sp³-hybridized carbons (Fsp3) is 0.840. The maximum Gasteiger partial charge on any atom is 0.220 e. The van der Waals surface area contributed by atoms with Crippen LogP contribution in [0.3, 0.4) is 0 Å². The summed E-state index contributed by atoms with van der Waals surface area (Å²) >= 11 is 0. The maximum atomic E-state index is 13.2. The lowest BCUT2D eigenvalue weighted by molar-refractivity contribution is -0.220. The first-order valence-electron chi connectivity index (χ1n) is 12.0. The number of carbonyl (C=O) groups excluding carboxylic acids is 2. The SMILES string of the molecule is COCCOCO[C@]1(C(=O)C(O)O)CC[C@H]2[C@@H]3CCC4=CC(=O)CC[C@]4(C)[C@H]3CC[C@@]21C. The molecule has 0 aromatic heterocycles. The summed E-state index contributed by atoms with van der Waals surface area (Å²) in [5.41, 5.74) is -0.383. The van der Waals surface area contributed by atoms with Crippen LogP contribution >= 0.6 is 0 Å². The van der Waals surface area contributed by atoms with Gasteiger partial charge in [-0.15, -0.1) is 0 Å². The average molecular weight is 451 g/mol. The second-order valence-electron chi connectivity index (χ2n) is 10.7. The molecule has 180 valence electrons. The molecule has 4 aliphatic carbocycles. The van der Waals surface area contributed by atoms with Gasteiger partial charge in [-0.05, 0) is 74.2 Å². The number of aliphatic hydroxyl groups is 2. The summed E-state index contributed by atoms with van der Waals surface area (Å²) in [6, 6.07) is 0. The van der Waals surface area contributed by atoms with Gasteiger partial charge in [-0.1, -0.05) is 19.4 Å². The van der Waals surface area contributed by atoms with Gasteiger partial charge in [0, 0.05) is 18.9 Å². The molecule has 0 aromatic rings. The number of allylic oxidation sites excluding steroid dienone is 1. The number of hydrogen-bond donors (Lipinski definition) is 2. The number of ketones is 2. The molecule has 0 spiro atoms. The molecule has 0 amide bonds. The first-order chi connectivity index (χ1) is 15.2. The number of ether oxygens (including phenoxy) is 3. The Bertz CT molecular complexity index is 776. The molecule has 4 aliphatic rings. The first-order valence-corrected chi connectivity index (χ1v) is 12.0. The Morgan fingerprint density at radius 3 is 2.56 bits per heavy atom. The highest BCUT2D eigenvalue weighted by Gasteiger charge is 2.68. The van der Waals surface area contributed by atoms with E-state index in [1.54, 1.807) is 7.11 Å². The van der Waals surface area contributed by atoms with E-state index in [2.05, 4.69) is 13.8 Å². The van der Waals surface area contributed by atoms with Gasteiger partial charge in [0.1, 0.15) is 12.4 Å². The molecule has 0 saturated heterocycles. The van der Waals surface area contributed by atoms with Gasteiger partial charge in [0.05, 0.1) is 13.2 Å². The third-order valence-corrected chi connectivity index (χ3v) is 9.53. The molecule has 0 bridgehead atoms. The number of methoxy groups -OCH3 is 1. The molecule has 0 heterocycles. The van der Waals surface area contributed by atoms with Gasteiger partial charge >= 0.3 is 0 Å². The van der Waals surface area contributed by atoms with E-state index in [4.69, 9.17) is 14.2 Å². The third kappa shape index (κ3) is 3.61. The summed E-state index contributed by atoms with van der Waals surface area (Å²) in [6.45, 7) is 5.13. The predicted octanol–water partition coefficient (Wildman–Crippen LogP) is 2.77. The highest BCUT2D eigenvalue weighted by molar-refractivity contribution is 5.92. The summed E-state index contributed by atoms with van der Waals surface area (Å²) < 4.78 is 16.7. The standard InChI is InChI=1S/C25H38O7/c1-23-9-6-17(26)14-16(23)4-5-18-19(23)7-10-24(2)20(18)8-11-25(24,21(27)22(28)29)32-15-31-13-12-30-3/h14,18-20,22,28-29H,4-13,15H2,1-3H3/t18-,19+,20+,23+,24+,25+/m1/s1. The summed E-state index contributed by atoms with van der Waals surface area (Å²) in [5.74, 6) is 0.783. The third-order valence-electron chi connectivity index (χ3n) is 9.53. The molecule has 3 fully saturated rings. The first kappa shape index (κ1) is 24.0. The zero-order chi connectivity index (χ0) is 23.1. The van der Waals surface area contributed by atoms with Gasteiger partial charge in [0.2, 0.25) is 12.1 Å². The van der Waals surface area contributed by atoms with Crippen molar-refractivity contribution in [3.8, 4) is 0 Å². The lowest BCUT2D eigenvalue weighted by Gasteiger charge is -2.59. The van der Waals surface area contributed by atoms with E-state index in [1.807, 2.05) is 6.08 Å². The maximum absolute atomic E-state index is 13.2. The molecule has 2 N–H and O–H groups in total. The minimum absolute atomic E-state index is 0.0496. The number of rotatable bonds is 8. The number of fused-ring (bicyclic) bond motifs is 5. The summed E-state index contributed by atoms with van der Waals surface area (Å²) in [7, 11) is 1.59. The van der Waals surface area contributed by atoms with Crippen LogP contribution in [0.15, 0.2) is 11.6 Å². The van der Waals surface area contributed by atoms with Crippen LogP contribution in [0, 0.1) is 28.6 Å². The lowest BCUT2D eigenvalue weighted by atomic mass is 9.46. The Balaban J connectivity index is 1.60. The second kappa shape index (κ2) is 8.91. The Kier molecular flexibility index (Phi) is 6.69. The summed E-state index contributed by atoms with van der Waals surface area (Å²) in [6.07, 6.45) is 6.33. The Morgan fingerprint density at radius 2 is 1.84 bits per heavy atom. The molecule has 32 heavy (non-hydrogen) atoms. The minimum Gasteiger partial charge on any atom is -0.382 e. The van der Waals surface area contributed by atoms with Crippen LogP contribution in [0.2, 0.25) is 0 Å². The van der Waals surface area contributed by atoms with E-state index < -0.39 is 23.1 Å². The highest BCUT2D eigenvalue weighted by atomic mass is 16.7. The monoisotopic (exact) mass is 450 g/mol. The smallest absolute Gasteiger partial charge is 0.220 e. The Hall–Kier alpha value is -1.12. The van der Waals surface area contributed by atoms with Crippen LogP contribution in [0.4, 0.5) is 0 Å². The van der Waals surface area contributed by atoms with Crippen molar-refractivity contribution >= 4 is 11.6 Å². The lowest BCUT2D eigenvalue weighted by Crippen LogP contribution is -2.60. The van der Waals surface area contributed by atoms with Crippen molar-refractivity contribution in [3.05, 3.63) is 11.6 Å². The second-order valence-corrected chi connectivity index (χ2v) is 10.7. The van der Waals surface area contributed by atoms with Crippen molar-refractivity contribution in [2.45, 2.75) is 77.1 Å². The molecular weight excluding hydrogens is 412 g/mol. The van der Waals surface area contributed by atoms with E-state index in [1.165, 1.54) is 5.57 Å². The number of Topliss-reactive ketones (excluding diaryl/α,β-unsaturated/α-hetero) is 1. The van der Waals surface area contributed by atoms with Crippen molar-refractivity contribution in [2.75, 3.05) is 27.1 Å². The molecule has 7 nitrogen and oxygen atoms in total. The topological polar surface area (TPSA) is 102 Å². The normalized spacial score (nSPS) is 41.1. The molecule has 3 saturated carbocycles. The highest BCUT2D eigenvalue weighted by Crippen LogP contribution is 2.68. The van der Waals surface area contributed by atoms with E-state index in [0.717, 1.165) is 38.5 Å². The van der Waals surface area contributed by atoms with Crippen molar-refractivity contribution in [2.24, 2.45) is 28.6 Å². The quantitative estimate of drug-likeness (QED) is 0.433. The van der Waals surface area contributed by atoms with Gasteiger partial charge < -0.3 is 24.4 Å². The molecule has 0 aliphatic heterocycles. The largest absolute Gasteiger partial charge is 0.382 e. The number of hydrogen-bond acceptors (Lipinski definition) is 7. The fourth-order valence-corrected chi connectivity index (χ4v) is 7.82. The van der Waals surface area contributed by atoms with Crippen LogP contribution in [0.25, 0.3) is 0 Å². The van der Waals surface area contributed by atoms with Gasteiger partial charge in [-0.3, -0.25) is 9.59 Å². The molecule has 6 atom stereocenters. The van der Waals surface area contributed by atoms with Gasteiger partial charge in [-0.2, -0.15) is 0 Å². The van der Waals surface area contributed by atoms with Crippen molar-refractivity contribution < 1.29 is 34.0 Å². The fourth-order valence-electron chi connectivity index (χ4n) is 7.82. The van der Waals surface area contributed by atoms with E-state index >= 15 is 0 Å². The van der Waals surface area contributed by atoms with Crippen molar-refractivity contribution in [1.82, 2.24) is 0 Å². The molecule has 4 rings (SSSR count). The van der Waals surface area contributed by atoms with Crippen LogP contribution < -0.4 is 0 Å². The van der Waals surface area contributed by atoms with E-state index in [0.29, 0.717) is 37.9 Å². The van der Waals surface area contributed by atoms with Gasteiger partial charge in [0.25, 0.3) is 0 Å². The molecule has 0 radical (unpaired) electrons. The molecular formula is C25H38O7. The van der Waals surface area contributed by atoms with Gasteiger partial charge in [-0.25, -0.2) is 0 Å². The summed E-state index contributed by atoms with van der Waals surface area (Å²) in [5, 5.41) is 19.7. The number of aliphatic hydroxyl groups excluding tert-OH is 1. The summed E-state index contributed by atoms with van der Waals surface area (Å²) in [4.78, 5) is 25.2. The molecule has 0 unspecified atom stereocenters. The van der Waals surface area contributed by atoms with Crippen molar-refractivity contribution in [3.63, 3.8) is 0 Å².